The molecule has 4 aromatic carbocycles. The van der Waals surface area contributed by atoms with Crippen LogP contribution in [0.5, 0.6) is 5.75 Å². The Kier molecular flexibility index (Phi) is 12.7. The first-order valence-corrected chi connectivity index (χ1v) is 20.5. The molecule has 0 saturated carbocycles. The lowest BCUT2D eigenvalue weighted by Crippen LogP contribution is -2.49. The van der Waals surface area contributed by atoms with Gasteiger partial charge in [0.05, 0.1) is 43.2 Å². The maximum Gasteiger partial charge on any atom is 0.264 e. The topological polar surface area (TPSA) is 143 Å². The number of anilines is 3. The molecule has 0 fully saturated rings. The summed E-state index contributed by atoms with van der Waals surface area (Å²) in [6.45, 7) is 5.32. The highest BCUT2D eigenvalue weighted by molar-refractivity contribution is 6.31. The van der Waals surface area contributed by atoms with Crippen molar-refractivity contribution in [2.75, 3.05) is 36.2 Å². The zero-order valence-corrected chi connectivity index (χ0v) is 33.7. The summed E-state index contributed by atoms with van der Waals surface area (Å²) >= 11 is 6.44. The third kappa shape index (κ3) is 8.15. The zero-order chi connectivity index (χ0) is 41.0. The van der Waals surface area contributed by atoms with Gasteiger partial charge in [0, 0.05) is 41.8 Å². The standard InChI is InChI=1S/C46H51ClN4O7/c1-3-58-38-18-20-41-34(24-38)25-40(48-21-6-7-22-52)44(55)51(41)36-16-13-31(14-17-36)27-50-42-19-15-35(47)26-39(42)46(57,45(50)56)30(2)9-8-12-43(54)49-28-33-11-5-4-10-32(33)23-37(49)29-53/h4-5,8-11,13-20,24,26,30,37,40,48,52-53,57H,3,6-7,12,21-23,25,27-29H2,1-2H3/b9-8+/t30-,37+,40?,46+/m1/s1. The Balaban J connectivity index is 1.08. The first-order chi connectivity index (χ1) is 28.1. The van der Waals surface area contributed by atoms with E-state index in [0.29, 0.717) is 60.9 Å². The predicted molar refractivity (Wildman–Crippen MR) is 224 cm³/mol. The van der Waals surface area contributed by atoms with E-state index in [0.717, 1.165) is 40.1 Å². The third-order valence-corrected chi connectivity index (χ3v) is 11.8. The minimum Gasteiger partial charge on any atom is -0.494 e. The first kappa shape index (κ1) is 41.1. The highest BCUT2D eigenvalue weighted by Gasteiger charge is 2.52. The van der Waals surface area contributed by atoms with Crippen LogP contribution in [0, 0.1) is 5.92 Å². The Bertz CT molecular complexity index is 2180. The van der Waals surface area contributed by atoms with Crippen molar-refractivity contribution in [1.29, 1.82) is 0 Å². The van der Waals surface area contributed by atoms with Crippen LogP contribution in [0.15, 0.2) is 97.1 Å². The largest absolute Gasteiger partial charge is 0.494 e. The van der Waals surface area contributed by atoms with Gasteiger partial charge in [-0.05, 0) is 110 Å². The summed E-state index contributed by atoms with van der Waals surface area (Å²) in [4.78, 5) is 46.7. The van der Waals surface area contributed by atoms with E-state index >= 15 is 0 Å². The number of aliphatic hydroxyl groups excluding tert-OH is 2. The second kappa shape index (κ2) is 17.8. The molecule has 304 valence electrons. The van der Waals surface area contributed by atoms with Crippen LogP contribution in [0.4, 0.5) is 17.1 Å². The van der Waals surface area contributed by atoms with E-state index in [1.54, 1.807) is 52.0 Å². The highest BCUT2D eigenvalue weighted by atomic mass is 35.5. The number of fused-ring (bicyclic) bond motifs is 3. The Labute approximate surface area is 344 Å². The Hall–Kier alpha value is -5.04. The van der Waals surface area contributed by atoms with Crippen LogP contribution >= 0.6 is 11.6 Å². The molecule has 11 nitrogen and oxygen atoms in total. The summed E-state index contributed by atoms with van der Waals surface area (Å²) < 4.78 is 5.77. The average molecular weight is 807 g/mol. The van der Waals surface area contributed by atoms with Crippen molar-refractivity contribution < 1.29 is 34.4 Å². The smallest absolute Gasteiger partial charge is 0.264 e. The summed E-state index contributed by atoms with van der Waals surface area (Å²) in [5.41, 5.74) is 4.37. The molecule has 0 radical (unpaired) electrons. The van der Waals surface area contributed by atoms with Gasteiger partial charge in [0.15, 0.2) is 5.60 Å². The summed E-state index contributed by atoms with van der Waals surface area (Å²) in [6.07, 6.45) is 5.91. The number of aliphatic hydroxyl groups is 3. The fourth-order valence-corrected chi connectivity index (χ4v) is 8.57. The molecule has 12 heteroatoms. The molecule has 3 aliphatic heterocycles. The van der Waals surface area contributed by atoms with Gasteiger partial charge >= 0.3 is 0 Å². The maximum absolute atomic E-state index is 14.3. The van der Waals surface area contributed by atoms with E-state index in [2.05, 4.69) is 5.32 Å². The number of nitrogens with zero attached hydrogens (tertiary/aromatic N) is 3. The summed E-state index contributed by atoms with van der Waals surface area (Å²) in [5, 5.41) is 35.3. The number of benzene rings is 4. The lowest BCUT2D eigenvalue weighted by atomic mass is 9.83. The summed E-state index contributed by atoms with van der Waals surface area (Å²) in [6, 6.07) is 25.4. The zero-order valence-electron chi connectivity index (χ0n) is 32.9. The number of amides is 3. The van der Waals surface area contributed by atoms with Crippen LogP contribution in [0.2, 0.25) is 5.02 Å². The molecule has 4 N–H and O–H groups in total. The molecule has 0 aromatic heterocycles. The highest BCUT2D eigenvalue weighted by Crippen LogP contribution is 2.47. The predicted octanol–water partition coefficient (Wildman–Crippen LogP) is 5.95. The molecule has 0 saturated heterocycles. The first-order valence-electron chi connectivity index (χ1n) is 20.1. The number of hydrogen-bond donors (Lipinski definition) is 4. The molecule has 4 atom stereocenters. The summed E-state index contributed by atoms with van der Waals surface area (Å²) in [5.74, 6) is -0.722. The maximum atomic E-state index is 14.3. The fraction of sp³-hybridized carbons (Fsp3) is 0.370. The van der Waals surface area contributed by atoms with Crippen LogP contribution in [0.25, 0.3) is 0 Å². The molecule has 4 aromatic rings. The Morgan fingerprint density at radius 1 is 0.966 bits per heavy atom. The van der Waals surface area contributed by atoms with Crippen molar-refractivity contribution in [1.82, 2.24) is 10.2 Å². The molecule has 0 aliphatic carbocycles. The second-order valence-corrected chi connectivity index (χ2v) is 15.7. The van der Waals surface area contributed by atoms with E-state index in [1.165, 1.54) is 0 Å². The minimum absolute atomic E-state index is 0.0456. The number of carbonyl (C=O) groups excluding carboxylic acids is 3. The molecule has 7 rings (SSSR count). The third-order valence-electron chi connectivity index (χ3n) is 11.6. The van der Waals surface area contributed by atoms with Crippen molar-refractivity contribution in [3.8, 4) is 5.75 Å². The van der Waals surface area contributed by atoms with E-state index in [9.17, 15) is 29.7 Å². The van der Waals surface area contributed by atoms with E-state index in [-0.39, 0.29) is 44.0 Å². The van der Waals surface area contributed by atoms with Crippen LogP contribution < -0.4 is 19.9 Å². The van der Waals surface area contributed by atoms with Gasteiger partial charge in [-0.1, -0.05) is 67.1 Å². The van der Waals surface area contributed by atoms with Crippen LogP contribution in [-0.4, -0.2) is 76.4 Å². The lowest BCUT2D eigenvalue weighted by Gasteiger charge is -2.36. The summed E-state index contributed by atoms with van der Waals surface area (Å²) in [7, 11) is 0. The van der Waals surface area contributed by atoms with Gasteiger partial charge in [-0.3, -0.25) is 19.3 Å². The van der Waals surface area contributed by atoms with Gasteiger partial charge in [-0.15, -0.1) is 0 Å². The molecule has 3 aliphatic rings. The number of rotatable bonds is 15. The van der Waals surface area contributed by atoms with Gasteiger partial charge in [0.2, 0.25) is 11.8 Å². The molecular weight excluding hydrogens is 756 g/mol. The normalized spacial score (nSPS) is 20.6. The molecular formula is C46H51ClN4O7. The van der Waals surface area contributed by atoms with Crippen LogP contribution in [0.1, 0.15) is 60.9 Å². The van der Waals surface area contributed by atoms with Crippen LogP contribution in [-0.2, 0) is 45.9 Å². The van der Waals surface area contributed by atoms with Crippen molar-refractivity contribution in [2.24, 2.45) is 5.92 Å². The van der Waals surface area contributed by atoms with Gasteiger partial charge in [-0.2, -0.15) is 0 Å². The minimum atomic E-state index is -1.94. The van der Waals surface area contributed by atoms with Crippen molar-refractivity contribution >= 4 is 46.4 Å². The quantitative estimate of drug-likeness (QED) is 0.0853. The second-order valence-electron chi connectivity index (χ2n) is 15.3. The van der Waals surface area contributed by atoms with E-state index in [1.807, 2.05) is 73.7 Å². The van der Waals surface area contributed by atoms with Crippen molar-refractivity contribution in [3.63, 3.8) is 0 Å². The molecule has 3 heterocycles. The lowest BCUT2D eigenvalue weighted by molar-refractivity contribution is -0.139. The van der Waals surface area contributed by atoms with Gasteiger partial charge in [0.25, 0.3) is 5.91 Å². The SMILES string of the molecule is CCOc1ccc2c(c1)CC(NCCCCO)C(=O)N2c1ccc(CN2C(=O)[C@](O)([C@H](C)/C=C/CC(=O)N3Cc4ccccc4C[C@H]3CO)c3cc(Cl)ccc32)cc1. The van der Waals surface area contributed by atoms with Gasteiger partial charge < -0.3 is 35.2 Å². The Morgan fingerprint density at radius 3 is 2.47 bits per heavy atom. The Morgan fingerprint density at radius 2 is 1.72 bits per heavy atom. The monoisotopic (exact) mass is 806 g/mol. The molecule has 0 bridgehead atoms. The number of nitrogens with one attached hydrogen (secondary N) is 1. The van der Waals surface area contributed by atoms with Crippen molar-refractivity contribution in [3.05, 3.63) is 130 Å². The number of hydrogen-bond acceptors (Lipinski definition) is 8. The van der Waals surface area contributed by atoms with E-state index in [4.69, 9.17) is 16.3 Å². The number of halogens is 1. The van der Waals surface area contributed by atoms with Crippen molar-refractivity contribution in [2.45, 2.75) is 76.7 Å². The van der Waals surface area contributed by atoms with E-state index < -0.39 is 23.5 Å². The molecule has 1 unspecified atom stereocenters. The molecule has 3 amide bonds. The van der Waals surface area contributed by atoms with Crippen LogP contribution in [0.3, 0.4) is 0 Å². The number of carbonyl (C=O) groups is 3. The molecule has 58 heavy (non-hydrogen) atoms. The number of unbranched alkanes of at least 4 members (excludes halogenated alkanes) is 1. The average Bonchev–Trinajstić information content (AvgIpc) is 3.44. The number of ether oxygens (including phenoxy) is 1. The fourth-order valence-electron chi connectivity index (χ4n) is 8.40. The van der Waals surface area contributed by atoms with Gasteiger partial charge in [-0.25, -0.2) is 0 Å². The van der Waals surface area contributed by atoms with Gasteiger partial charge in [0.1, 0.15) is 5.75 Å². The molecule has 0 spiro atoms.